The number of amides is 1. The number of fused-ring (bicyclic) bond motifs is 1. The topological polar surface area (TPSA) is 64.6 Å². The second kappa shape index (κ2) is 9.58. The fraction of sp³-hybridized carbons (Fsp3) is 0.545. The molecule has 0 unspecified atom stereocenters. The summed E-state index contributed by atoms with van der Waals surface area (Å²) in [6.45, 7) is 2.23. The van der Waals surface area contributed by atoms with E-state index in [1.807, 2.05) is 24.3 Å². The van der Waals surface area contributed by atoms with E-state index in [1.165, 1.54) is 6.42 Å². The Bertz CT molecular complexity index is 691. The molecule has 5 nitrogen and oxygen atoms in total. The SMILES string of the molecule is CCCC[C@H](OC(=O)C1=Cc2ccccc2OC1)C(=O)NC1CCCCC1. The van der Waals surface area contributed by atoms with Crippen molar-refractivity contribution in [2.24, 2.45) is 0 Å². The average molecular weight is 371 g/mol. The fourth-order valence-electron chi connectivity index (χ4n) is 3.61. The minimum absolute atomic E-state index is 0.165. The summed E-state index contributed by atoms with van der Waals surface area (Å²) in [5.74, 6) is 0.123. The highest BCUT2D eigenvalue weighted by Gasteiger charge is 2.28. The molecule has 1 aromatic rings. The monoisotopic (exact) mass is 371 g/mol. The molecular weight excluding hydrogens is 342 g/mol. The van der Waals surface area contributed by atoms with Gasteiger partial charge in [0.1, 0.15) is 12.4 Å². The molecular formula is C22H29NO4. The second-order valence-electron chi connectivity index (χ2n) is 7.38. The van der Waals surface area contributed by atoms with Crippen molar-refractivity contribution in [1.29, 1.82) is 0 Å². The molecule has 1 N–H and O–H groups in total. The van der Waals surface area contributed by atoms with E-state index < -0.39 is 12.1 Å². The molecule has 0 spiro atoms. The first-order chi connectivity index (χ1) is 13.2. The van der Waals surface area contributed by atoms with Gasteiger partial charge in [0.2, 0.25) is 0 Å². The van der Waals surface area contributed by atoms with Gasteiger partial charge in [0, 0.05) is 11.6 Å². The van der Waals surface area contributed by atoms with Gasteiger partial charge in [-0.05, 0) is 37.8 Å². The van der Waals surface area contributed by atoms with Crippen molar-refractivity contribution >= 4 is 18.0 Å². The van der Waals surface area contributed by atoms with E-state index in [-0.39, 0.29) is 18.6 Å². The minimum Gasteiger partial charge on any atom is -0.488 e. The maximum absolute atomic E-state index is 12.7. The number of hydrogen-bond donors (Lipinski definition) is 1. The van der Waals surface area contributed by atoms with E-state index in [1.54, 1.807) is 6.08 Å². The van der Waals surface area contributed by atoms with Gasteiger partial charge < -0.3 is 14.8 Å². The van der Waals surface area contributed by atoms with Crippen LogP contribution in [0.5, 0.6) is 5.75 Å². The highest BCUT2D eigenvalue weighted by atomic mass is 16.6. The number of unbranched alkanes of at least 4 members (excludes halogenated alkanes) is 1. The molecule has 1 aliphatic heterocycles. The Morgan fingerprint density at radius 3 is 2.78 bits per heavy atom. The molecule has 5 heteroatoms. The number of rotatable bonds is 7. The van der Waals surface area contributed by atoms with E-state index >= 15 is 0 Å². The van der Waals surface area contributed by atoms with Crippen LogP contribution >= 0.6 is 0 Å². The minimum atomic E-state index is -0.738. The summed E-state index contributed by atoms with van der Waals surface area (Å²) in [6.07, 6.45) is 8.93. The second-order valence-corrected chi connectivity index (χ2v) is 7.38. The number of hydrogen-bond acceptors (Lipinski definition) is 4. The van der Waals surface area contributed by atoms with E-state index in [0.29, 0.717) is 12.0 Å². The maximum atomic E-state index is 12.7. The molecule has 1 fully saturated rings. The molecule has 146 valence electrons. The lowest BCUT2D eigenvalue weighted by Gasteiger charge is -2.26. The first-order valence-corrected chi connectivity index (χ1v) is 10.1. The van der Waals surface area contributed by atoms with Gasteiger partial charge in [-0.25, -0.2) is 4.79 Å². The van der Waals surface area contributed by atoms with Crippen molar-refractivity contribution in [3.8, 4) is 5.75 Å². The molecule has 1 atom stereocenters. The highest BCUT2D eigenvalue weighted by Crippen LogP contribution is 2.26. The summed E-state index contributed by atoms with van der Waals surface area (Å²) < 4.78 is 11.2. The van der Waals surface area contributed by atoms with E-state index in [4.69, 9.17) is 9.47 Å². The number of carbonyl (C=O) groups is 2. The standard InChI is InChI=1S/C22H29NO4/c1-2-3-12-20(21(24)23-18-10-5-4-6-11-18)27-22(25)17-14-16-9-7-8-13-19(16)26-15-17/h7-9,13-14,18,20H,2-6,10-12,15H2,1H3,(H,23,24)/t20-/m0/s1. The van der Waals surface area contributed by atoms with Crippen LogP contribution in [-0.4, -0.2) is 30.6 Å². The highest BCUT2D eigenvalue weighted by molar-refractivity contribution is 5.97. The molecule has 1 saturated carbocycles. The average Bonchev–Trinajstić information content (AvgIpc) is 2.71. The Labute approximate surface area is 161 Å². The number of para-hydroxylation sites is 1. The van der Waals surface area contributed by atoms with E-state index in [2.05, 4.69) is 12.2 Å². The van der Waals surface area contributed by atoms with Crippen LogP contribution in [0.4, 0.5) is 0 Å². The van der Waals surface area contributed by atoms with Crippen LogP contribution in [-0.2, 0) is 14.3 Å². The Morgan fingerprint density at radius 2 is 2.00 bits per heavy atom. The largest absolute Gasteiger partial charge is 0.488 e. The van der Waals surface area contributed by atoms with Crippen LogP contribution in [0.1, 0.15) is 63.9 Å². The normalized spacial score (nSPS) is 17.9. The lowest BCUT2D eigenvalue weighted by Crippen LogP contribution is -2.44. The van der Waals surface area contributed by atoms with Crippen molar-refractivity contribution in [3.63, 3.8) is 0 Å². The molecule has 2 aliphatic rings. The molecule has 0 bridgehead atoms. The van der Waals surface area contributed by atoms with Gasteiger partial charge in [-0.3, -0.25) is 4.79 Å². The third kappa shape index (κ3) is 5.34. The van der Waals surface area contributed by atoms with Crippen molar-refractivity contribution in [2.75, 3.05) is 6.61 Å². The molecule has 27 heavy (non-hydrogen) atoms. The summed E-state index contributed by atoms with van der Waals surface area (Å²) >= 11 is 0. The number of nitrogens with one attached hydrogen (secondary N) is 1. The maximum Gasteiger partial charge on any atom is 0.338 e. The van der Waals surface area contributed by atoms with E-state index in [0.717, 1.165) is 49.8 Å². The fourth-order valence-corrected chi connectivity index (χ4v) is 3.61. The summed E-state index contributed by atoms with van der Waals surface area (Å²) in [5, 5.41) is 3.08. The number of ether oxygens (including phenoxy) is 2. The molecule has 0 aromatic heterocycles. The van der Waals surface area contributed by atoms with Gasteiger partial charge in [-0.15, -0.1) is 0 Å². The molecule has 1 heterocycles. The Kier molecular flexibility index (Phi) is 6.91. The molecule has 1 aromatic carbocycles. The molecule has 0 radical (unpaired) electrons. The zero-order chi connectivity index (χ0) is 19.1. The summed E-state index contributed by atoms with van der Waals surface area (Å²) in [6, 6.07) is 7.76. The van der Waals surface area contributed by atoms with Crippen molar-refractivity contribution in [3.05, 3.63) is 35.4 Å². The smallest absolute Gasteiger partial charge is 0.338 e. The Balaban J connectivity index is 1.64. The number of carbonyl (C=O) groups excluding carboxylic acids is 2. The van der Waals surface area contributed by atoms with Gasteiger partial charge >= 0.3 is 5.97 Å². The summed E-state index contributed by atoms with van der Waals surface area (Å²) in [4.78, 5) is 25.3. The predicted molar refractivity (Wildman–Crippen MR) is 104 cm³/mol. The molecule has 3 rings (SSSR count). The van der Waals surface area contributed by atoms with E-state index in [9.17, 15) is 9.59 Å². The third-order valence-electron chi connectivity index (χ3n) is 5.21. The summed E-state index contributed by atoms with van der Waals surface area (Å²) in [5.41, 5.74) is 1.30. The number of esters is 1. The lowest BCUT2D eigenvalue weighted by molar-refractivity contribution is -0.153. The van der Waals surface area contributed by atoms with Gasteiger partial charge in [-0.1, -0.05) is 50.8 Å². The first-order valence-electron chi connectivity index (χ1n) is 10.1. The zero-order valence-corrected chi connectivity index (χ0v) is 16.0. The third-order valence-corrected chi connectivity index (χ3v) is 5.21. The predicted octanol–water partition coefficient (Wildman–Crippen LogP) is 4.01. The number of benzene rings is 1. The van der Waals surface area contributed by atoms with Crippen molar-refractivity contribution in [2.45, 2.75) is 70.4 Å². The quantitative estimate of drug-likeness (QED) is 0.736. The van der Waals surface area contributed by atoms with Gasteiger partial charge in [-0.2, -0.15) is 0 Å². The molecule has 1 amide bonds. The van der Waals surface area contributed by atoms with Crippen molar-refractivity contribution < 1.29 is 19.1 Å². The Morgan fingerprint density at radius 1 is 1.22 bits per heavy atom. The van der Waals surface area contributed by atoms with Crippen molar-refractivity contribution in [1.82, 2.24) is 5.32 Å². The zero-order valence-electron chi connectivity index (χ0n) is 16.0. The van der Waals surface area contributed by atoms with Gasteiger partial charge in [0.15, 0.2) is 6.10 Å². The first kappa shape index (κ1) is 19.5. The van der Waals surface area contributed by atoms with Crippen LogP contribution in [0.3, 0.4) is 0 Å². The molecule has 0 saturated heterocycles. The van der Waals surface area contributed by atoms with Crippen LogP contribution in [0, 0.1) is 0 Å². The van der Waals surface area contributed by atoms with Crippen LogP contribution in [0.2, 0.25) is 0 Å². The Hall–Kier alpha value is -2.30. The molecule has 1 aliphatic carbocycles. The van der Waals surface area contributed by atoms with Crippen LogP contribution in [0.25, 0.3) is 6.08 Å². The van der Waals surface area contributed by atoms with Crippen LogP contribution in [0.15, 0.2) is 29.8 Å². The van der Waals surface area contributed by atoms with Gasteiger partial charge in [0.25, 0.3) is 5.91 Å². The lowest BCUT2D eigenvalue weighted by atomic mass is 9.95. The van der Waals surface area contributed by atoms with Gasteiger partial charge in [0.05, 0.1) is 5.57 Å². The van der Waals surface area contributed by atoms with Crippen LogP contribution < -0.4 is 10.1 Å². The summed E-state index contributed by atoms with van der Waals surface area (Å²) in [7, 11) is 0.